The molecule has 20 heavy (non-hydrogen) atoms. The van der Waals surface area contributed by atoms with E-state index in [2.05, 4.69) is 20.7 Å². The molecule has 0 radical (unpaired) electrons. The van der Waals surface area contributed by atoms with Crippen LogP contribution in [0.4, 0.5) is 11.4 Å². The molecule has 6 heteroatoms. The van der Waals surface area contributed by atoms with Gasteiger partial charge in [0, 0.05) is 10.2 Å². The molecule has 0 aliphatic carbocycles. The third kappa shape index (κ3) is 2.81. The van der Waals surface area contributed by atoms with Gasteiger partial charge in [0.15, 0.2) is 0 Å². The van der Waals surface area contributed by atoms with E-state index >= 15 is 0 Å². The lowest BCUT2D eigenvalue weighted by molar-refractivity contribution is 0.600. The van der Waals surface area contributed by atoms with Crippen molar-refractivity contribution in [1.82, 2.24) is 0 Å². The largest absolute Gasteiger partial charge is 0.398 e. The number of hydrogen-bond donors (Lipinski definition) is 2. The van der Waals surface area contributed by atoms with Gasteiger partial charge in [0.05, 0.1) is 10.6 Å². The van der Waals surface area contributed by atoms with E-state index in [4.69, 9.17) is 5.73 Å². The van der Waals surface area contributed by atoms with Gasteiger partial charge in [0.25, 0.3) is 10.0 Å². The Morgan fingerprint density at radius 1 is 1.05 bits per heavy atom. The van der Waals surface area contributed by atoms with Gasteiger partial charge in [-0.05, 0) is 49.2 Å². The Morgan fingerprint density at radius 3 is 2.40 bits per heavy atom. The molecule has 0 unspecified atom stereocenters. The molecule has 0 fully saturated rings. The van der Waals surface area contributed by atoms with Crippen LogP contribution in [0.2, 0.25) is 0 Å². The molecule has 2 rings (SSSR count). The highest BCUT2D eigenvalue weighted by molar-refractivity contribution is 9.10. The topological polar surface area (TPSA) is 72.2 Å². The summed E-state index contributed by atoms with van der Waals surface area (Å²) >= 11 is 3.38. The summed E-state index contributed by atoms with van der Waals surface area (Å²) in [4.78, 5) is 0.192. The van der Waals surface area contributed by atoms with Gasteiger partial charge in [0.2, 0.25) is 0 Å². The zero-order valence-corrected chi connectivity index (χ0v) is 13.5. The summed E-state index contributed by atoms with van der Waals surface area (Å²) in [5.41, 5.74) is 8.14. The van der Waals surface area contributed by atoms with Crippen LogP contribution in [0.25, 0.3) is 0 Å². The Balaban J connectivity index is 2.47. The Bertz CT molecular complexity index is 758. The summed E-state index contributed by atoms with van der Waals surface area (Å²) in [6, 6.07) is 10.2. The van der Waals surface area contributed by atoms with E-state index in [-0.39, 0.29) is 4.90 Å². The summed E-state index contributed by atoms with van der Waals surface area (Å²) in [7, 11) is -3.66. The summed E-state index contributed by atoms with van der Waals surface area (Å²) in [6.07, 6.45) is 0. The van der Waals surface area contributed by atoms with E-state index in [1.54, 1.807) is 37.3 Å². The van der Waals surface area contributed by atoms with Gasteiger partial charge in [-0.25, -0.2) is 8.42 Å². The summed E-state index contributed by atoms with van der Waals surface area (Å²) in [5.74, 6) is 0. The molecule has 3 N–H and O–H groups in total. The predicted molar refractivity (Wildman–Crippen MR) is 85.3 cm³/mol. The van der Waals surface area contributed by atoms with Gasteiger partial charge in [-0.2, -0.15) is 0 Å². The number of halogens is 1. The third-order valence-electron chi connectivity index (χ3n) is 3.13. The monoisotopic (exact) mass is 354 g/mol. The maximum absolute atomic E-state index is 12.5. The van der Waals surface area contributed by atoms with Crippen LogP contribution in [0.5, 0.6) is 0 Å². The highest BCUT2D eigenvalue weighted by atomic mass is 79.9. The second-order valence-electron chi connectivity index (χ2n) is 4.49. The smallest absolute Gasteiger partial charge is 0.262 e. The minimum Gasteiger partial charge on any atom is -0.398 e. The molecule has 0 bridgehead atoms. The fourth-order valence-corrected chi connectivity index (χ4v) is 3.61. The van der Waals surface area contributed by atoms with Crippen molar-refractivity contribution >= 4 is 37.3 Å². The van der Waals surface area contributed by atoms with E-state index in [1.165, 1.54) is 0 Å². The van der Waals surface area contributed by atoms with Crippen LogP contribution in [0.1, 0.15) is 11.1 Å². The lowest BCUT2D eigenvalue weighted by Crippen LogP contribution is -2.15. The van der Waals surface area contributed by atoms with Gasteiger partial charge in [0.1, 0.15) is 0 Å². The number of nitrogens with one attached hydrogen (secondary N) is 1. The van der Waals surface area contributed by atoms with Gasteiger partial charge < -0.3 is 5.73 Å². The summed E-state index contributed by atoms with van der Waals surface area (Å²) < 4.78 is 28.4. The minimum atomic E-state index is -3.66. The van der Waals surface area contributed by atoms with Crippen LogP contribution < -0.4 is 10.5 Å². The molecule has 0 spiro atoms. The van der Waals surface area contributed by atoms with Crippen LogP contribution in [0.3, 0.4) is 0 Å². The van der Waals surface area contributed by atoms with E-state index in [9.17, 15) is 8.42 Å². The predicted octanol–water partition coefficient (Wildman–Crippen LogP) is 3.45. The van der Waals surface area contributed by atoms with Crippen molar-refractivity contribution in [3.05, 3.63) is 52.0 Å². The Morgan fingerprint density at radius 2 is 1.70 bits per heavy atom. The molecule has 0 amide bonds. The minimum absolute atomic E-state index is 0.192. The second kappa shape index (κ2) is 5.46. The van der Waals surface area contributed by atoms with Crippen LogP contribution in [0, 0.1) is 13.8 Å². The first-order chi connectivity index (χ1) is 9.33. The standard InChI is InChI=1S/C14H15BrN2O2S/c1-9-11(15)5-3-7-13(9)17-20(18,19)14-8-4-6-12(16)10(14)2/h3-8,17H,16H2,1-2H3. The van der Waals surface area contributed by atoms with Gasteiger partial charge in [-0.3, -0.25) is 4.72 Å². The van der Waals surface area contributed by atoms with Gasteiger partial charge >= 0.3 is 0 Å². The first-order valence-electron chi connectivity index (χ1n) is 5.96. The van der Waals surface area contributed by atoms with Gasteiger partial charge in [-0.1, -0.05) is 28.1 Å². The lowest BCUT2D eigenvalue weighted by Gasteiger charge is -2.14. The number of sulfonamides is 1. The number of hydrogen-bond acceptors (Lipinski definition) is 3. The van der Waals surface area contributed by atoms with Crippen molar-refractivity contribution in [3.8, 4) is 0 Å². The van der Waals surface area contributed by atoms with Crippen LogP contribution in [0.15, 0.2) is 45.8 Å². The highest BCUT2D eigenvalue weighted by Crippen LogP contribution is 2.27. The normalized spacial score (nSPS) is 11.3. The molecule has 0 aliphatic rings. The molecule has 106 valence electrons. The van der Waals surface area contributed by atoms with E-state index in [1.807, 2.05) is 13.0 Å². The number of benzene rings is 2. The molecule has 4 nitrogen and oxygen atoms in total. The molecule has 0 aromatic heterocycles. The molecule has 0 saturated heterocycles. The van der Waals surface area contributed by atoms with E-state index in [0.29, 0.717) is 16.9 Å². The van der Waals surface area contributed by atoms with Crippen molar-refractivity contribution in [2.24, 2.45) is 0 Å². The molecule has 0 saturated carbocycles. The third-order valence-corrected chi connectivity index (χ3v) is 5.50. The van der Waals surface area contributed by atoms with Gasteiger partial charge in [-0.15, -0.1) is 0 Å². The van der Waals surface area contributed by atoms with Crippen molar-refractivity contribution in [1.29, 1.82) is 0 Å². The fourth-order valence-electron chi connectivity index (χ4n) is 1.84. The second-order valence-corrected chi connectivity index (χ2v) is 6.99. The lowest BCUT2D eigenvalue weighted by atomic mass is 10.2. The molecule has 2 aromatic carbocycles. The summed E-state index contributed by atoms with van der Waals surface area (Å²) in [6.45, 7) is 3.53. The molecule has 0 aliphatic heterocycles. The van der Waals surface area contributed by atoms with E-state index in [0.717, 1.165) is 10.0 Å². The van der Waals surface area contributed by atoms with E-state index < -0.39 is 10.0 Å². The zero-order chi connectivity index (χ0) is 14.9. The first-order valence-corrected chi connectivity index (χ1v) is 8.23. The molecule has 0 atom stereocenters. The van der Waals surface area contributed by atoms with Crippen molar-refractivity contribution < 1.29 is 8.42 Å². The van der Waals surface area contributed by atoms with Crippen molar-refractivity contribution in [2.75, 3.05) is 10.5 Å². The quantitative estimate of drug-likeness (QED) is 0.829. The SMILES string of the molecule is Cc1c(Br)cccc1NS(=O)(=O)c1cccc(N)c1C. The fraction of sp³-hybridized carbons (Fsp3) is 0.143. The van der Waals surface area contributed by atoms with Crippen molar-refractivity contribution in [2.45, 2.75) is 18.7 Å². The maximum Gasteiger partial charge on any atom is 0.262 e. The highest BCUT2D eigenvalue weighted by Gasteiger charge is 2.19. The number of nitrogen functional groups attached to an aromatic ring is 1. The Hall–Kier alpha value is -1.53. The number of rotatable bonds is 3. The average molecular weight is 355 g/mol. The molecular weight excluding hydrogens is 340 g/mol. The van der Waals surface area contributed by atoms with Crippen LogP contribution in [-0.2, 0) is 10.0 Å². The number of nitrogens with two attached hydrogens (primary N) is 1. The average Bonchev–Trinajstić information content (AvgIpc) is 2.38. The first kappa shape index (κ1) is 14.9. The van der Waals surface area contributed by atoms with Crippen molar-refractivity contribution in [3.63, 3.8) is 0 Å². The van der Waals surface area contributed by atoms with Crippen LogP contribution in [-0.4, -0.2) is 8.42 Å². The Labute approximate surface area is 127 Å². The number of anilines is 2. The van der Waals surface area contributed by atoms with Crippen LogP contribution >= 0.6 is 15.9 Å². The zero-order valence-electron chi connectivity index (χ0n) is 11.1. The molecular formula is C14H15BrN2O2S. The maximum atomic E-state index is 12.5. The molecule has 2 aromatic rings. The molecule has 0 heterocycles. The summed E-state index contributed by atoms with van der Waals surface area (Å²) in [5, 5.41) is 0. The Kier molecular flexibility index (Phi) is 4.06.